The molecular weight excluding hydrogens is 245 g/mol. The number of hydrogen-bond donors (Lipinski definition) is 1. The van der Waals surface area contributed by atoms with E-state index in [1.807, 2.05) is 22.6 Å². The van der Waals surface area contributed by atoms with Gasteiger partial charge in [-0.05, 0) is 33.8 Å². The standard InChI is InChI=1S/C5H4IN3O/c6-3-1-4(9-10)5(7)8-2-3/h1-2H,(H2,7,8). The third-order valence-corrected chi connectivity index (χ3v) is 1.55. The highest BCUT2D eigenvalue weighted by atomic mass is 127. The van der Waals surface area contributed by atoms with Gasteiger partial charge in [-0.1, -0.05) is 0 Å². The van der Waals surface area contributed by atoms with Crippen LogP contribution in [-0.4, -0.2) is 4.98 Å². The van der Waals surface area contributed by atoms with E-state index in [1.54, 1.807) is 12.3 Å². The average Bonchev–Trinajstić information content (AvgIpc) is 1.94. The molecule has 1 heterocycles. The fourth-order valence-electron chi connectivity index (χ4n) is 0.512. The van der Waals surface area contributed by atoms with Crippen LogP contribution in [0, 0.1) is 8.48 Å². The van der Waals surface area contributed by atoms with Gasteiger partial charge in [-0.15, -0.1) is 4.91 Å². The van der Waals surface area contributed by atoms with Crippen LogP contribution in [-0.2, 0) is 0 Å². The lowest BCUT2D eigenvalue weighted by molar-refractivity contribution is 1.29. The zero-order valence-corrected chi connectivity index (χ0v) is 7.07. The maximum absolute atomic E-state index is 10.0. The van der Waals surface area contributed by atoms with Gasteiger partial charge in [0.05, 0.1) is 0 Å². The Bertz CT molecular complexity index is 263. The number of hydrogen-bond acceptors (Lipinski definition) is 4. The smallest absolute Gasteiger partial charge is 0.153 e. The average molecular weight is 249 g/mol. The Balaban J connectivity index is 3.21. The molecule has 0 spiro atoms. The molecule has 0 unspecified atom stereocenters. The Hall–Kier alpha value is -0.720. The summed E-state index contributed by atoms with van der Waals surface area (Å²) in [4.78, 5) is 13.7. The number of aromatic nitrogens is 1. The molecule has 0 saturated carbocycles. The first kappa shape index (κ1) is 7.39. The van der Waals surface area contributed by atoms with E-state index in [2.05, 4.69) is 10.2 Å². The minimum atomic E-state index is 0.176. The van der Waals surface area contributed by atoms with Crippen molar-refractivity contribution in [3.8, 4) is 0 Å². The van der Waals surface area contributed by atoms with Crippen LogP contribution in [0.5, 0.6) is 0 Å². The van der Waals surface area contributed by atoms with E-state index in [4.69, 9.17) is 5.73 Å². The van der Waals surface area contributed by atoms with Gasteiger partial charge in [0.2, 0.25) is 0 Å². The number of anilines is 1. The minimum Gasteiger partial charge on any atom is -0.382 e. The zero-order valence-electron chi connectivity index (χ0n) is 4.91. The molecule has 5 heteroatoms. The maximum atomic E-state index is 10.0. The Morgan fingerprint density at radius 2 is 2.40 bits per heavy atom. The third-order valence-electron chi connectivity index (χ3n) is 0.962. The molecule has 0 aliphatic heterocycles. The monoisotopic (exact) mass is 249 g/mol. The van der Waals surface area contributed by atoms with E-state index in [-0.39, 0.29) is 11.5 Å². The van der Waals surface area contributed by atoms with Crippen LogP contribution in [0.4, 0.5) is 11.5 Å². The Morgan fingerprint density at radius 3 is 2.90 bits per heavy atom. The number of rotatable bonds is 1. The lowest BCUT2D eigenvalue weighted by atomic mass is 10.4. The summed E-state index contributed by atoms with van der Waals surface area (Å²) in [6.07, 6.45) is 1.57. The van der Waals surface area contributed by atoms with Crippen LogP contribution in [0.15, 0.2) is 17.4 Å². The van der Waals surface area contributed by atoms with Crippen molar-refractivity contribution in [2.75, 3.05) is 5.73 Å². The number of pyridine rings is 1. The molecule has 2 N–H and O–H groups in total. The normalized spacial score (nSPS) is 9.30. The summed E-state index contributed by atoms with van der Waals surface area (Å²) in [5.74, 6) is 0.176. The molecule has 0 bridgehead atoms. The molecule has 10 heavy (non-hydrogen) atoms. The van der Waals surface area contributed by atoms with Gasteiger partial charge in [-0.3, -0.25) is 0 Å². The number of nitroso groups, excluding NO2 is 1. The predicted molar refractivity (Wildman–Crippen MR) is 46.8 cm³/mol. The van der Waals surface area contributed by atoms with Gasteiger partial charge < -0.3 is 5.73 Å². The minimum absolute atomic E-state index is 0.176. The number of nitrogen functional groups attached to an aromatic ring is 1. The van der Waals surface area contributed by atoms with E-state index in [0.717, 1.165) is 3.57 Å². The van der Waals surface area contributed by atoms with Gasteiger partial charge >= 0.3 is 0 Å². The van der Waals surface area contributed by atoms with Crippen LogP contribution in [0.3, 0.4) is 0 Å². The largest absolute Gasteiger partial charge is 0.382 e. The molecule has 52 valence electrons. The summed E-state index contributed by atoms with van der Waals surface area (Å²) in [7, 11) is 0. The molecule has 0 amide bonds. The first-order valence-corrected chi connectivity index (χ1v) is 3.56. The van der Waals surface area contributed by atoms with E-state index < -0.39 is 0 Å². The van der Waals surface area contributed by atoms with Crippen molar-refractivity contribution >= 4 is 34.1 Å². The van der Waals surface area contributed by atoms with Gasteiger partial charge in [0.15, 0.2) is 11.5 Å². The summed E-state index contributed by atoms with van der Waals surface area (Å²) >= 11 is 2.03. The van der Waals surface area contributed by atoms with Gasteiger partial charge in [0.25, 0.3) is 0 Å². The summed E-state index contributed by atoms with van der Waals surface area (Å²) in [6, 6.07) is 1.58. The van der Waals surface area contributed by atoms with Crippen LogP contribution in [0.25, 0.3) is 0 Å². The molecule has 0 aliphatic carbocycles. The molecule has 0 aliphatic rings. The van der Waals surface area contributed by atoms with E-state index in [9.17, 15) is 4.91 Å². The SMILES string of the molecule is Nc1ncc(I)cc1N=O. The van der Waals surface area contributed by atoms with E-state index in [1.165, 1.54) is 0 Å². The Morgan fingerprint density at radius 1 is 1.70 bits per heavy atom. The van der Waals surface area contributed by atoms with E-state index >= 15 is 0 Å². The van der Waals surface area contributed by atoms with Crippen LogP contribution >= 0.6 is 22.6 Å². The highest BCUT2D eigenvalue weighted by molar-refractivity contribution is 14.1. The lowest BCUT2D eigenvalue weighted by Gasteiger charge is -1.93. The Labute approximate surface area is 70.9 Å². The second kappa shape index (κ2) is 2.91. The summed E-state index contributed by atoms with van der Waals surface area (Å²) in [5.41, 5.74) is 5.49. The van der Waals surface area contributed by atoms with Crippen molar-refractivity contribution in [1.82, 2.24) is 4.98 Å². The number of halogens is 1. The van der Waals surface area contributed by atoms with Crippen LogP contribution < -0.4 is 5.73 Å². The summed E-state index contributed by atoms with van der Waals surface area (Å²) < 4.78 is 0.849. The molecule has 0 fully saturated rings. The van der Waals surface area contributed by atoms with Crippen molar-refractivity contribution < 1.29 is 0 Å². The van der Waals surface area contributed by atoms with Crippen molar-refractivity contribution in [1.29, 1.82) is 0 Å². The second-order valence-corrected chi connectivity index (χ2v) is 2.89. The highest BCUT2D eigenvalue weighted by Crippen LogP contribution is 2.20. The topological polar surface area (TPSA) is 68.3 Å². The first-order chi connectivity index (χ1) is 4.74. The first-order valence-electron chi connectivity index (χ1n) is 2.48. The van der Waals surface area contributed by atoms with Crippen molar-refractivity contribution in [3.63, 3.8) is 0 Å². The molecule has 0 aromatic carbocycles. The molecule has 1 rings (SSSR count). The highest BCUT2D eigenvalue weighted by Gasteiger charge is 1.99. The molecular formula is C5H4IN3O. The molecule has 1 aromatic rings. The van der Waals surface area contributed by atoms with Crippen LogP contribution in [0.2, 0.25) is 0 Å². The molecule has 4 nitrogen and oxygen atoms in total. The van der Waals surface area contributed by atoms with E-state index in [0.29, 0.717) is 0 Å². The van der Waals surface area contributed by atoms with Gasteiger partial charge in [0.1, 0.15) is 0 Å². The van der Waals surface area contributed by atoms with Crippen molar-refractivity contribution in [2.45, 2.75) is 0 Å². The maximum Gasteiger partial charge on any atom is 0.153 e. The molecule has 0 atom stereocenters. The summed E-state index contributed by atoms with van der Waals surface area (Å²) in [6.45, 7) is 0. The van der Waals surface area contributed by atoms with Gasteiger partial charge in [-0.25, -0.2) is 4.98 Å². The predicted octanol–water partition coefficient (Wildman–Crippen LogP) is 1.67. The van der Waals surface area contributed by atoms with Gasteiger partial charge in [0, 0.05) is 9.77 Å². The number of nitrogens with zero attached hydrogens (tertiary/aromatic N) is 2. The second-order valence-electron chi connectivity index (χ2n) is 1.65. The fraction of sp³-hybridized carbons (Fsp3) is 0. The fourth-order valence-corrected chi connectivity index (χ4v) is 0.947. The molecule has 0 saturated heterocycles. The third kappa shape index (κ3) is 1.41. The molecule has 1 aromatic heterocycles. The van der Waals surface area contributed by atoms with Gasteiger partial charge in [-0.2, -0.15) is 0 Å². The quantitative estimate of drug-likeness (QED) is 0.607. The lowest BCUT2D eigenvalue weighted by Crippen LogP contribution is -1.89. The summed E-state index contributed by atoms with van der Waals surface area (Å²) in [5, 5.41) is 2.69. The number of nitrogens with two attached hydrogens (primary N) is 1. The van der Waals surface area contributed by atoms with Crippen molar-refractivity contribution in [3.05, 3.63) is 20.7 Å². The van der Waals surface area contributed by atoms with Crippen LogP contribution in [0.1, 0.15) is 0 Å². The molecule has 0 radical (unpaired) electrons. The zero-order chi connectivity index (χ0) is 7.56. The Kier molecular flexibility index (Phi) is 2.15. The van der Waals surface area contributed by atoms with Crippen molar-refractivity contribution in [2.24, 2.45) is 5.18 Å².